The van der Waals surface area contributed by atoms with Gasteiger partial charge in [-0.25, -0.2) is 4.98 Å². The summed E-state index contributed by atoms with van der Waals surface area (Å²) in [6, 6.07) is 30.8. The first-order valence-electron chi connectivity index (χ1n) is 12.7. The normalized spacial score (nSPS) is 12.7. The van der Waals surface area contributed by atoms with Gasteiger partial charge in [0.25, 0.3) is 0 Å². The number of hydrogen-bond acceptors (Lipinski definition) is 3. The molecular formula is C32H25N3O. The van der Waals surface area contributed by atoms with E-state index in [1.165, 1.54) is 0 Å². The summed E-state index contributed by atoms with van der Waals surface area (Å²) in [5.74, 6) is 0.108. The molecule has 4 aromatic carbocycles. The van der Waals surface area contributed by atoms with Gasteiger partial charge in [-0.15, -0.1) is 0 Å². The molecule has 4 nitrogen and oxygen atoms in total. The fourth-order valence-electron chi connectivity index (χ4n) is 5.24. The van der Waals surface area contributed by atoms with Crippen LogP contribution in [0.2, 0.25) is 0 Å². The largest absolute Gasteiger partial charge is 0.455 e. The van der Waals surface area contributed by atoms with E-state index in [1.54, 1.807) is 0 Å². The number of hydrogen-bond donors (Lipinski definition) is 0. The molecule has 0 spiro atoms. The van der Waals surface area contributed by atoms with Crippen LogP contribution in [0.25, 0.3) is 61.0 Å². The Hall–Kier alpha value is -4.44. The van der Waals surface area contributed by atoms with E-state index >= 15 is 0 Å². The number of benzene rings is 4. The van der Waals surface area contributed by atoms with Crippen molar-refractivity contribution in [3.63, 3.8) is 0 Å². The molecule has 4 heteroatoms. The Balaban J connectivity index is 1.60. The molecule has 0 amide bonds. The highest BCUT2D eigenvalue weighted by molar-refractivity contribution is 6.11. The quantitative estimate of drug-likeness (QED) is 0.261. The summed E-state index contributed by atoms with van der Waals surface area (Å²) < 4.78 is 17.2. The molecule has 0 N–H and O–H groups in total. The Labute approximate surface area is 210 Å². The van der Waals surface area contributed by atoms with Gasteiger partial charge in [0, 0.05) is 23.2 Å². The highest BCUT2D eigenvalue weighted by Crippen LogP contribution is 2.39. The number of pyridine rings is 1. The van der Waals surface area contributed by atoms with Crippen molar-refractivity contribution < 1.29 is 5.79 Å². The van der Waals surface area contributed by atoms with Crippen LogP contribution in [0.1, 0.15) is 32.4 Å². The van der Waals surface area contributed by atoms with Gasteiger partial charge in [0.2, 0.25) is 0 Å². The van der Waals surface area contributed by atoms with Crippen molar-refractivity contribution in [1.29, 1.82) is 0 Å². The zero-order valence-electron chi connectivity index (χ0n) is 21.4. The monoisotopic (exact) mass is 468 g/mol. The average Bonchev–Trinajstić information content (AvgIpc) is 3.48. The molecule has 0 saturated heterocycles. The smallest absolute Gasteiger partial charge is 0.149 e. The van der Waals surface area contributed by atoms with E-state index in [4.69, 9.17) is 15.8 Å². The first-order valence-corrected chi connectivity index (χ1v) is 12.2. The number of imidazole rings is 1. The van der Waals surface area contributed by atoms with E-state index in [0.29, 0.717) is 0 Å². The second-order valence-electron chi connectivity index (χ2n) is 9.51. The fraction of sp³-hybridized carbons (Fsp3) is 0.125. The van der Waals surface area contributed by atoms with Crippen molar-refractivity contribution in [3.8, 4) is 17.1 Å². The number of furan rings is 1. The minimum absolute atomic E-state index is 0.705. The summed E-state index contributed by atoms with van der Waals surface area (Å²) in [7, 11) is 0. The molecule has 7 aromatic rings. The van der Waals surface area contributed by atoms with Crippen LogP contribution in [0.3, 0.4) is 0 Å². The van der Waals surface area contributed by atoms with Gasteiger partial charge in [-0.05, 0) is 48.7 Å². The van der Waals surface area contributed by atoms with Gasteiger partial charge in [-0.3, -0.25) is 9.55 Å². The number of para-hydroxylation sites is 3. The lowest BCUT2D eigenvalue weighted by Gasteiger charge is -2.11. The Morgan fingerprint density at radius 2 is 1.58 bits per heavy atom. The maximum absolute atomic E-state index is 8.47. The first kappa shape index (κ1) is 19.8. The van der Waals surface area contributed by atoms with E-state index in [2.05, 4.69) is 47.0 Å². The van der Waals surface area contributed by atoms with Crippen LogP contribution in [0.4, 0.5) is 0 Å². The molecule has 0 aliphatic rings. The maximum atomic E-state index is 8.47. The zero-order valence-corrected chi connectivity index (χ0v) is 20.4. The van der Waals surface area contributed by atoms with Gasteiger partial charge in [0.15, 0.2) is 0 Å². The van der Waals surface area contributed by atoms with Crippen molar-refractivity contribution in [3.05, 3.63) is 102 Å². The van der Waals surface area contributed by atoms with E-state index in [0.717, 1.165) is 72.2 Å². The second-order valence-corrected chi connectivity index (χ2v) is 9.51. The maximum Gasteiger partial charge on any atom is 0.149 e. The molecule has 0 fully saturated rings. The lowest BCUT2D eigenvalue weighted by molar-refractivity contribution is 0.667. The minimum atomic E-state index is -0.705. The van der Waals surface area contributed by atoms with Gasteiger partial charge >= 0.3 is 0 Å². The van der Waals surface area contributed by atoms with Gasteiger partial charge in [-0.2, -0.15) is 0 Å². The third kappa shape index (κ3) is 3.01. The zero-order chi connectivity index (χ0) is 25.3. The van der Waals surface area contributed by atoms with Crippen molar-refractivity contribution in [2.24, 2.45) is 0 Å². The van der Waals surface area contributed by atoms with Crippen LogP contribution in [-0.2, 0) is 0 Å². The summed E-state index contributed by atoms with van der Waals surface area (Å²) in [6.07, 6.45) is 0. The molecule has 36 heavy (non-hydrogen) atoms. The van der Waals surface area contributed by atoms with Crippen LogP contribution < -0.4 is 0 Å². The standard InChI is InChI=1S/C32H25N3O/c1-19(2)21-16-17-23-24-13-9-14-26(31(24)36-28(23)18-21)32-34-29-25-12-7-8-15-27(25)33-20(3)30(29)35(32)22-10-5-4-6-11-22/h4-19H,1-3H3/i19D. The van der Waals surface area contributed by atoms with Crippen LogP contribution in [0.15, 0.2) is 95.4 Å². The van der Waals surface area contributed by atoms with E-state index in [1.807, 2.05) is 69.3 Å². The molecule has 0 unspecified atom stereocenters. The van der Waals surface area contributed by atoms with Crippen molar-refractivity contribution in [2.45, 2.75) is 26.7 Å². The van der Waals surface area contributed by atoms with Crippen LogP contribution in [-0.4, -0.2) is 14.5 Å². The van der Waals surface area contributed by atoms with Gasteiger partial charge < -0.3 is 4.42 Å². The van der Waals surface area contributed by atoms with Gasteiger partial charge in [0.1, 0.15) is 22.5 Å². The SMILES string of the molecule is [2H]C(C)(C)c1ccc2c(c1)oc1c(-c3nc4c5ccccc5nc(C)c4n3-c3ccccc3)cccc12. The first-order chi connectivity index (χ1) is 17.9. The third-order valence-corrected chi connectivity index (χ3v) is 7.00. The summed E-state index contributed by atoms with van der Waals surface area (Å²) in [4.78, 5) is 10.2. The summed E-state index contributed by atoms with van der Waals surface area (Å²) in [6.45, 7) is 5.84. The Morgan fingerprint density at radius 3 is 2.42 bits per heavy atom. The van der Waals surface area contributed by atoms with Crippen molar-refractivity contribution in [2.75, 3.05) is 0 Å². The van der Waals surface area contributed by atoms with Crippen LogP contribution in [0, 0.1) is 6.92 Å². The van der Waals surface area contributed by atoms with Gasteiger partial charge in [0.05, 0.1) is 22.3 Å². The van der Waals surface area contributed by atoms with Crippen LogP contribution >= 0.6 is 0 Å². The number of fused-ring (bicyclic) bond motifs is 6. The molecular weight excluding hydrogens is 442 g/mol. The number of nitrogens with zero attached hydrogens (tertiary/aromatic N) is 3. The predicted octanol–water partition coefficient (Wildman–Crippen LogP) is 8.57. The number of rotatable bonds is 3. The highest BCUT2D eigenvalue weighted by Gasteiger charge is 2.22. The molecule has 7 rings (SSSR count). The molecule has 0 saturated carbocycles. The molecule has 174 valence electrons. The molecule has 0 atom stereocenters. The Morgan fingerprint density at radius 1 is 0.806 bits per heavy atom. The molecule has 0 aliphatic heterocycles. The van der Waals surface area contributed by atoms with Crippen molar-refractivity contribution in [1.82, 2.24) is 14.5 Å². The topological polar surface area (TPSA) is 43.9 Å². The van der Waals surface area contributed by atoms with E-state index in [9.17, 15) is 0 Å². The molecule has 3 heterocycles. The average molecular weight is 469 g/mol. The van der Waals surface area contributed by atoms with Crippen LogP contribution in [0.5, 0.6) is 0 Å². The fourth-order valence-corrected chi connectivity index (χ4v) is 5.24. The molecule has 0 aliphatic carbocycles. The summed E-state index contributed by atoms with van der Waals surface area (Å²) in [5.41, 5.74) is 8.21. The number of aromatic nitrogens is 3. The summed E-state index contributed by atoms with van der Waals surface area (Å²) >= 11 is 0. The van der Waals surface area contributed by atoms with Crippen molar-refractivity contribution >= 4 is 43.9 Å². The minimum Gasteiger partial charge on any atom is -0.455 e. The predicted molar refractivity (Wildman–Crippen MR) is 148 cm³/mol. The number of aryl methyl sites for hydroxylation is 1. The Kier molecular flexibility index (Phi) is 4.29. The van der Waals surface area contributed by atoms with E-state index < -0.39 is 5.89 Å². The second kappa shape index (κ2) is 7.79. The molecule has 0 radical (unpaired) electrons. The summed E-state index contributed by atoms with van der Waals surface area (Å²) in [5, 5.41) is 3.10. The Bertz CT molecular complexity index is 1980. The lowest BCUT2D eigenvalue weighted by atomic mass is 10.0. The third-order valence-electron chi connectivity index (χ3n) is 7.00. The van der Waals surface area contributed by atoms with Gasteiger partial charge in [-0.1, -0.05) is 74.5 Å². The molecule has 3 aromatic heterocycles. The highest BCUT2D eigenvalue weighted by atomic mass is 16.3. The van der Waals surface area contributed by atoms with E-state index in [-0.39, 0.29) is 0 Å². The molecule has 0 bridgehead atoms. The lowest BCUT2D eigenvalue weighted by Crippen LogP contribution is -1.99.